The van der Waals surface area contributed by atoms with E-state index >= 15 is 0 Å². The maximum absolute atomic E-state index is 12.6. The van der Waals surface area contributed by atoms with Crippen molar-refractivity contribution in [2.45, 2.75) is 71.0 Å². The fourth-order valence-electron chi connectivity index (χ4n) is 3.97. The molecular weight excluding hydrogens is 370 g/mol. The lowest BCUT2D eigenvalue weighted by molar-refractivity contribution is -0.124. The van der Waals surface area contributed by atoms with Crippen molar-refractivity contribution in [3.05, 3.63) is 30.3 Å². The second-order valence-corrected chi connectivity index (χ2v) is 11.9. The summed E-state index contributed by atoms with van der Waals surface area (Å²) < 4.78 is 24.1. The molecule has 1 aromatic rings. The van der Waals surface area contributed by atoms with Crippen LogP contribution in [-0.4, -0.2) is 37.8 Å². The van der Waals surface area contributed by atoms with E-state index < -0.39 is 14.6 Å². The lowest BCUT2D eigenvalue weighted by Gasteiger charge is -2.30. The van der Waals surface area contributed by atoms with E-state index in [0.29, 0.717) is 12.2 Å². The molecule has 0 aliphatic heterocycles. The van der Waals surface area contributed by atoms with Gasteiger partial charge in [-0.2, -0.15) is 0 Å². The van der Waals surface area contributed by atoms with Gasteiger partial charge in [-0.25, -0.2) is 8.42 Å². The zero-order valence-corrected chi connectivity index (χ0v) is 18.8. The van der Waals surface area contributed by atoms with Crippen molar-refractivity contribution in [2.75, 3.05) is 23.7 Å². The first-order chi connectivity index (χ1) is 13.1. The average molecular weight is 408 g/mol. The molecule has 0 bridgehead atoms. The van der Waals surface area contributed by atoms with Gasteiger partial charge in [0, 0.05) is 31.1 Å². The largest absolute Gasteiger partial charge is 0.372 e. The highest BCUT2D eigenvalue weighted by atomic mass is 32.2. The number of nitrogens with zero attached hydrogens (tertiary/aromatic N) is 1. The summed E-state index contributed by atoms with van der Waals surface area (Å²) in [6.45, 7) is 9.28. The maximum atomic E-state index is 12.6. The third-order valence-electron chi connectivity index (χ3n) is 6.04. The van der Waals surface area contributed by atoms with E-state index in [0.717, 1.165) is 45.2 Å². The molecule has 5 heteroatoms. The summed E-state index contributed by atoms with van der Waals surface area (Å²) in [5.41, 5.74) is 1.21. The highest BCUT2D eigenvalue weighted by Crippen LogP contribution is 2.33. The number of para-hydroxylation sites is 1. The van der Waals surface area contributed by atoms with Gasteiger partial charge in [-0.15, -0.1) is 0 Å². The Hall–Kier alpha value is -1.36. The number of carbonyl (C=O) groups is 1. The molecule has 0 saturated heterocycles. The summed E-state index contributed by atoms with van der Waals surface area (Å²) in [5.74, 6) is 0.962. The van der Waals surface area contributed by atoms with Gasteiger partial charge in [0.05, 0.1) is 10.5 Å². The third-order valence-corrected chi connectivity index (χ3v) is 8.82. The second kappa shape index (κ2) is 9.91. The number of Topliss-reactive ketones (excluding diaryl/α,β-unsaturated/α-hetero) is 1. The summed E-state index contributed by atoms with van der Waals surface area (Å²) in [4.78, 5) is 14.9. The minimum Gasteiger partial charge on any atom is -0.372 e. The number of anilines is 1. The molecule has 28 heavy (non-hydrogen) atoms. The molecule has 1 fully saturated rings. The molecule has 0 amide bonds. The molecule has 158 valence electrons. The van der Waals surface area contributed by atoms with Gasteiger partial charge < -0.3 is 4.90 Å². The van der Waals surface area contributed by atoms with E-state index in [1.165, 1.54) is 5.69 Å². The smallest absolute Gasteiger partial charge is 0.155 e. The summed E-state index contributed by atoms with van der Waals surface area (Å²) in [7, 11) is -3.08. The van der Waals surface area contributed by atoms with Crippen LogP contribution in [-0.2, 0) is 14.6 Å². The Labute approximate surface area is 171 Å². The van der Waals surface area contributed by atoms with Crippen LogP contribution < -0.4 is 4.90 Å². The molecule has 4 nitrogen and oxygen atoms in total. The molecule has 0 atom stereocenters. The van der Waals surface area contributed by atoms with Gasteiger partial charge in [-0.1, -0.05) is 18.2 Å². The zero-order valence-electron chi connectivity index (χ0n) is 18.0. The molecule has 1 aromatic carbocycles. The molecular formula is C23H37NO3S. The standard InChI is InChI=1S/C23H37NO3S/c1-5-24(21-10-7-6-8-11-21)17-9-12-22(25)20-15-13-19(14-16-20)18-28(26,27)23(2,3)4/h6-8,10-11,19-20H,5,9,12-18H2,1-4H3. The van der Waals surface area contributed by atoms with Crippen molar-refractivity contribution in [3.63, 3.8) is 0 Å². The molecule has 1 aliphatic carbocycles. The van der Waals surface area contributed by atoms with E-state index in [-0.39, 0.29) is 17.6 Å². The Morgan fingerprint density at radius 1 is 1.07 bits per heavy atom. The second-order valence-electron chi connectivity index (χ2n) is 9.10. The molecule has 0 heterocycles. The van der Waals surface area contributed by atoms with Gasteiger partial charge in [0.2, 0.25) is 0 Å². The van der Waals surface area contributed by atoms with E-state index in [2.05, 4.69) is 24.0 Å². The van der Waals surface area contributed by atoms with Crippen LogP contribution in [0.25, 0.3) is 0 Å². The summed E-state index contributed by atoms with van der Waals surface area (Å²) in [6, 6.07) is 10.3. The van der Waals surface area contributed by atoms with Gasteiger partial charge in [0.15, 0.2) is 9.84 Å². The molecule has 0 spiro atoms. The van der Waals surface area contributed by atoms with Crippen LogP contribution in [0.3, 0.4) is 0 Å². The minimum absolute atomic E-state index is 0.125. The van der Waals surface area contributed by atoms with Crippen LogP contribution in [0.15, 0.2) is 30.3 Å². The summed E-state index contributed by atoms with van der Waals surface area (Å²) in [6.07, 6.45) is 4.91. The minimum atomic E-state index is -3.08. The molecule has 2 rings (SSSR count). The molecule has 1 saturated carbocycles. The topological polar surface area (TPSA) is 54.5 Å². The SMILES string of the molecule is CCN(CCCC(=O)C1CCC(CS(=O)(=O)C(C)(C)C)CC1)c1ccccc1. The molecule has 1 aliphatic rings. The first kappa shape index (κ1) is 22.9. The van der Waals surface area contributed by atoms with Crippen molar-refractivity contribution in [1.29, 1.82) is 0 Å². The number of hydrogen-bond acceptors (Lipinski definition) is 4. The predicted octanol–water partition coefficient (Wildman–Crippen LogP) is 4.88. The Kier molecular flexibility index (Phi) is 8.11. The Morgan fingerprint density at radius 2 is 1.68 bits per heavy atom. The number of rotatable bonds is 9. The number of sulfone groups is 1. The Bertz CT molecular complexity index is 714. The number of ketones is 1. The van der Waals surface area contributed by atoms with Gasteiger partial charge >= 0.3 is 0 Å². The fourth-order valence-corrected chi connectivity index (χ4v) is 5.42. The van der Waals surface area contributed by atoms with Crippen LogP contribution in [0.1, 0.15) is 66.2 Å². The van der Waals surface area contributed by atoms with Gasteiger partial charge in [-0.3, -0.25) is 4.79 Å². The van der Waals surface area contributed by atoms with Crippen molar-refractivity contribution < 1.29 is 13.2 Å². The molecule has 0 unspecified atom stereocenters. The highest BCUT2D eigenvalue weighted by Gasteiger charge is 2.34. The summed E-state index contributed by atoms with van der Waals surface area (Å²) in [5, 5.41) is 0. The maximum Gasteiger partial charge on any atom is 0.155 e. The van der Waals surface area contributed by atoms with E-state index in [1.807, 2.05) is 18.2 Å². The van der Waals surface area contributed by atoms with Gasteiger partial charge in [0.25, 0.3) is 0 Å². The quantitative estimate of drug-likeness (QED) is 0.585. The number of benzene rings is 1. The van der Waals surface area contributed by atoms with Crippen molar-refractivity contribution in [2.24, 2.45) is 11.8 Å². The summed E-state index contributed by atoms with van der Waals surface area (Å²) >= 11 is 0. The van der Waals surface area contributed by atoms with Gasteiger partial charge in [0.1, 0.15) is 5.78 Å². The van der Waals surface area contributed by atoms with E-state index in [1.54, 1.807) is 20.8 Å². The number of carbonyl (C=O) groups excluding carboxylic acids is 1. The van der Waals surface area contributed by atoms with Crippen molar-refractivity contribution in [1.82, 2.24) is 0 Å². The molecule has 0 radical (unpaired) electrons. The van der Waals surface area contributed by atoms with Crippen molar-refractivity contribution in [3.8, 4) is 0 Å². The molecule has 0 aromatic heterocycles. The fraction of sp³-hybridized carbons (Fsp3) is 0.696. The third kappa shape index (κ3) is 6.33. The highest BCUT2D eigenvalue weighted by molar-refractivity contribution is 7.92. The first-order valence-corrected chi connectivity index (χ1v) is 12.3. The monoisotopic (exact) mass is 407 g/mol. The Morgan fingerprint density at radius 3 is 2.21 bits per heavy atom. The predicted molar refractivity (Wildman–Crippen MR) is 118 cm³/mol. The first-order valence-electron chi connectivity index (χ1n) is 10.7. The van der Waals surface area contributed by atoms with Gasteiger partial charge in [-0.05, 0) is 77.8 Å². The normalized spacial score (nSPS) is 20.7. The van der Waals surface area contributed by atoms with Crippen LogP contribution >= 0.6 is 0 Å². The Balaban J connectivity index is 1.75. The lowest BCUT2D eigenvalue weighted by Crippen LogP contribution is -2.35. The van der Waals surface area contributed by atoms with Crippen molar-refractivity contribution >= 4 is 21.3 Å². The van der Waals surface area contributed by atoms with E-state index in [4.69, 9.17) is 0 Å². The zero-order chi connectivity index (χ0) is 20.8. The van der Waals surface area contributed by atoms with Crippen LogP contribution in [0.4, 0.5) is 5.69 Å². The van der Waals surface area contributed by atoms with E-state index in [9.17, 15) is 13.2 Å². The van der Waals surface area contributed by atoms with Crippen LogP contribution in [0, 0.1) is 11.8 Å². The lowest BCUT2D eigenvalue weighted by atomic mass is 9.80. The van der Waals surface area contributed by atoms with Crippen LogP contribution in [0.2, 0.25) is 0 Å². The average Bonchev–Trinajstić information content (AvgIpc) is 2.65. The van der Waals surface area contributed by atoms with Crippen LogP contribution in [0.5, 0.6) is 0 Å². The molecule has 0 N–H and O–H groups in total. The number of hydrogen-bond donors (Lipinski definition) is 0.